The first kappa shape index (κ1) is 14.1. The van der Waals surface area contributed by atoms with Gasteiger partial charge in [-0.2, -0.15) is 10.1 Å². The Labute approximate surface area is 132 Å². The molecule has 0 spiro atoms. The lowest BCUT2D eigenvalue weighted by molar-refractivity contribution is 0.109. The standard InChI is InChI=1S/C15H17N5O3/c1-9-13(22-14(17-9)10-7-16-20(2)8-10)15-18-12(19-23-15)6-11-4-3-5-21-11/h7-8,11H,3-6H2,1-2H3. The van der Waals surface area contributed by atoms with Gasteiger partial charge in [0.15, 0.2) is 5.82 Å². The van der Waals surface area contributed by atoms with Crippen LogP contribution in [0.3, 0.4) is 0 Å². The molecule has 0 aliphatic carbocycles. The Morgan fingerprint density at radius 1 is 1.30 bits per heavy atom. The van der Waals surface area contributed by atoms with Crippen LogP contribution < -0.4 is 0 Å². The third kappa shape index (κ3) is 2.77. The molecule has 1 aliphatic rings. The van der Waals surface area contributed by atoms with Gasteiger partial charge in [0.2, 0.25) is 11.7 Å². The number of hydrogen-bond acceptors (Lipinski definition) is 7. The van der Waals surface area contributed by atoms with Crippen LogP contribution >= 0.6 is 0 Å². The summed E-state index contributed by atoms with van der Waals surface area (Å²) in [6, 6.07) is 0. The molecule has 8 heteroatoms. The highest BCUT2D eigenvalue weighted by molar-refractivity contribution is 5.57. The molecule has 3 aromatic heterocycles. The van der Waals surface area contributed by atoms with Crippen molar-refractivity contribution in [3.8, 4) is 23.1 Å². The lowest BCUT2D eigenvalue weighted by Crippen LogP contribution is -2.09. The zero-order valence-electron chi connectivity index (χ0n) is 13.0. The lowest BCUT2D eigenvalue weighted by atomic mass is 10.2. The fourth-order valence-corrected chi connectivity index (χ4v) is 2.69. The average molecular weight is 315 g/mol. The zero-order valence-corrected chi connectivity index (χ0v) is 13.0. The first-order chi connectivity index (χ1) is 11.2. The summed E-state index contributed by atoms with van der Waals surface area (Å²) in [7, 11) is 1.84. The average Bonchev–Trinajstić information content (AvgIpc) is 3.27. The number of rotatable bonds is 4. The monoisotopic (exact) mass is 315 g/mol. The molecule has 1 saturated heterocycles. The van der Waals surface area contributed by atoms with Gasteiger partial charge in [0.25, 0.3) is 5.89 Å². The maximum absolute atomic E-state index is 5.79. The molecule has 0 radical (unpaired) electrons. The van der Waals surface area contributed by atoms with Gasteiger partial charge >= 0.3 is 0 Å². The largest absolute Gasteiger partial charge is 0.430 e. The fourth-order valence-electron chi connectivity index (χ4n) is 2.69. The predicted molar refractivity (Wildman–Crippen MR) is 79.4 cm³/mol. The topological polar surface area (TPSA) is 92.0 Å². The van der Waals surface area contributed by atoms with Crippen molar-refractivity contribution in [2.45, 2.75) is 32.3 Å². The zero-order chi connectivity index (χ0) is 15.8. The first-order valence-corrected chi connectivity index (χ1v) is 7.60. The van der Waals surface area contributed by atoms with Crippen LogP contribution in [0.15, 0.2) is 21.3 Å². The maximum atomic E-state index is 5.79. The van der Waals surface area contributed by atoms with Gasteiger partial charge in [0.1, 0.15) is 0 Å². The van der Waals surface area contributed by atoms with Gasteiger partial charge in [-0.3, -0.25) is 4.68 Å². The third-order valence-electron chi connectivity index (χ3n) is 3.84. The molecule has 8 nitrogen and oxygen atoms in total. The Morgan fingerprint density at radius 2 is 2.22 bits per heavy atom. The van der Waals surface area contributed by atoms with Crippen molar-refractivity contribution in [3.63, 3.8) is 0 Å². The second kappa shape index (κ2) is 5.62. The molecule has 0 N–H and O–H groups in total. The van der Waals surface area contributed by atoms with Gasteiger partial charge in [0, 0.05) is 26.3 Å². The smallest absolute Gasteiger partial charge is 0.295 e. The molecule has 1 unspecified atom stereocenters. The number of aryl methyl sites for hydroxylation is 2. The summed E-state index contributed by atoms with van der Waals surface area (Å²) in [4.78, 5) is 8.82. The number of ether oxygens (including phenoxy) is 1. The van der Waals surface area contributed by atoms with Crippen LogP contribution in [0.2, 0.25) is 0 Å². The predicted octanol–water partition coefficient (Wildman–Crippen LogP) is 2.16. The summed E-state index contributed by atoms with van der Waals surface area (Å²) >= 11 is 0. The van der Waals surface area contributed by atoms with E-state index < -0.39 is 0 Å². The molecule has 1 fully saturated rings. The first-order valence-electron chi connectivity index (χ1n) is 7.60. The van der Waals surface area contributed by atoms with E-state index in [1.54, 1.807) is 10.9 Å². The molecule has 4 heterocycles. The molecule has 4 rings (SSSR count). The van der Waals surface area contributed by atoms with E-state index in [0.717, 1.165) is 25.0 Å². The van der Waals surface area contributed by atoms with Crippen LogP contribution in [0, 0.1) is 6.92 Å². The van der Waals surface area contributed by atoms with Crippen molar-refractivity contribution < 1.29 is 13.7 Å². The second-order valence-electron chi connectivity index (χ2n) is 5.69. The van der Waals surface area contributed by atoms with Crippen molar-refractivity contribution in [3.05, 3.63) is 23.9 Å². The highest BCUT2D eigenvalue weighted by Crippen LogP contribution is 2.28. The summed E-state index contributed by atoms with van der Waals surface area (Å²) in [5.74, 6) is 1.96. The van der Waals surface area contributed by atoms with E-state index in [1.165, 1.54) is 0 Å². The van der Waals surface area contributed by atoms with Crippen LogP contribution in [-0.4, -0.2) is 37.6 Å². The van der Waals surface area contributed by atoms with E-state index in [4.69, 9.17) is 13.7 Å². The summed E-state index contributed by atoms with van der Waals surface area (Å²) in [5, 5.41) is 8.13. The molecule has 1 atom stereocenters. The third-order valence-corrected chi connectivity index (χ3v) is 3.84. The molecular weight excluding hydrogens is 298 g/mol. The highest BCUT2D eigenvalue weighted by atomic mass is 16.5. The Morgan fingerprint density at radius 3 is 2.96 bits per heavy atom. The summed E-state index contributed by atoms with van der Waals surface area (Å²) in [5.41, 5.74) is 1.51. The van der Waals surface area contributed by atoms with Crippen LogP contribution in [0.5, 0.6) is 0 Å². The van der Waals surface area contributed by atoms with Crippen molar-refractivity contribution in [2.75, 3.05) is 6.61 Å². The molecule has 23 heavy (non-hydrogen) atoms. The molecule has 0 aromatic carbocycles. The molecule has 120 valence electrons. The minimum Gasteiger partial charge on any atom is -0.430 e. The molecular formula is C15H17N5O3. The minimum atomic E-state index is 0.183. The number of hydrogen-bond donors (Lipinski definition) is 0. The van der Waals surface area contributed by atoms with E-state index in [-0.39, 0.29) is 6.10 Å². The van der Waals surface area contributed by atoms with Gasteiger partial charge in [0.05, 0.1) is 23.6 Å². The Balaban J connectivity index is 1.58. The Kier molecular flexibility index (Phi) is 3.45. The van der Waals surface area contributed by atoms with Crippen LogP contribution in [0.25, 0.3) is 23.1 Å². The van der Waals surface area contributed by atoms with Gasteiger partial charge < -0.3 is 13.7 Å². The maximum Gasteiger partial charge on any atom is 0.295 e. The Hall–Kier alpha value is -2.48. The lowest BCUT2D eigenvalue weighted by Gasteiger charge is -2.03. The number of aromatic nitrogens is 5. The molecule has 0 amide bonds. The molecule has 0 saturated carbocycles. The highest BCUT2D eigenvalue weighted by Gasteiger charge is 2.22. The van der Waals surface area contributed by atoms with Gasteiger partial charge in [-0.1, -0.05) is 5.16 Å². The number of nitrogens with zero attached hydrogens (tertiary/aromatic N) is 5. The van der Waals surface area contributed by atoms with Crippen LogP contribution in [-0.2, 0) is 18.2 Å². The van der Waals surface area contributed by atoms with Gasteiger partial charge in [-0.05, 0) is 19.8 Å². The van der Waals surface area contributed by atoms with E-state index in [0.29, 0.717) is 35.5 Å². The fraction of sp³-hybridized carbons (Fsp3) is 0.467. The Bertz CT molecular complexity index is 813. The quantitative estimate of drug-likeness (QED) is 0.728. The van der Waals surface area contributed by atoms with E-state index >= 15 is 0 Å². The summed E-state index contributed by atoms with van der Waals surface area (Å²) in [6.45, 7) is 2.66. The van der Waals surface area contributed by atoms with Crippen LogP contribution in [0.1, 0.15) is 24.4 Å². The van der Waals surface area contributed by atoms with Gasteiger partial charge in [-0.25, -0.2) is 4.98 Å². The summed E-state index contributed by atoms with van der Waals surface area (Å²) in [6.07, 6.45) is 6.51. The number of oxazole rings is 1. The normalized spacial score (nSPS) is 17.9. The van der Waals surface area contributed by atoms with Crippen LogP contribution in [0.4, 0.5) is 0 Å². The second-order valence-corrected chi connectivity index (χ2v) is 5.69. The van der Waals surface area contributed by atoms with E-state index in [9.17, 15) is 0 Å². The van der Waals surface area contributed by atoms with Crippen molar-refractivity contribution in [2.24, 2.45) is 7.05 Å². The molecule has 3 aromatic rings. The summed E-state index contributed by atoms with van der Waals surface area (Å²) < 4.78 is 18.4. The van der Waals surface area contributed by atoms with Gasteiger partial charge in [-0.15, -0.1) is 0 Å². The van der Waals surface area contributed by atoms with E-state index in [2.05, 4.69) is 20.2 Å². The van der Waals surface area contributed by atoms with Crippen molar-refractivity contribution in [1.29, 1.82) is 0 Å². The minimum absolute atomic E-state index is 0.183. The molecule has 0 bridgehead atoms. The SMILES string of the molecule is Cc1nc(-c2cnn(C)c2)oc1-c1nc(CC2CCCO2)no1. The van der Waals surface area contributed by atoms with Crippen molar-refractivity contribution >= 4 is 0 Å². The van der Waals surface area contributed by atoms with Crippen molar-refractivity contribution in [1.82, 2.24) is 24.9 Å². The van der Waals surface area contributed by atoms with E-state index in [1.807, 2.05) is 20.2 Å². The molecule has 1 aliphatic heterocycles.